The summed E-state index contributed by atoms with van der Waals surface area (Å²) in [5, 5.41) is 12.2. The standard InChI is InChI=1S/C14H16N6/c1-15-10-5-9(7-4-8(7)10)14-19-18-12-6-17-13-11(20(12)14)2-3-16-13/h2-3,6-10,15-16H,4-5H2,1H3/t7-,8+,9-,10+/m0/s1. The van der Waals surface area contributed by atoms with Gasteiger partial charge in [0.2, 0.25) is 0 Å². The summed E-state index contributed by atoms with van der Waals surface area (Å²) in [6.07, 6.45) is 6.21. The number of fused-ring (bicyclic) bond motifs is 4. The molecule has 0 radical (unpaired) electrons. The first-order valence-electron chi connectivity index (χ1n) is 7.21. The van der Waals surface area contributed by atoms with E-state index < -0.39 is 0 Å². The Kier molecular flexibility index (Phi) is 1.93. The van der Waals surface area contributed by atoms with E-state index in [1.807, 2.05) is 6.20 Å². The van der Waals surface area contributed by atoms with E-state index in [2.05, 4.69) is 43.0 Å². The second kappa shape index (κ2) is 3.58. The van der Waals surface area contributed by atoms with Gasteiger partial charge in [-0.2, -0.15) is 0 Å². The van der Waals surface area contributed by atoms with Gasteiger partial charge in [0.1, 0.15) is 5.82 Å². The summed E-state index contributed by atoms with van der Waals surface area (Å²) in [5.74, 6) is 3.24. The normalized spacial score (nSPS) is 32.0. The molecule has 20 heavy (non-hydrogen) atoms. The molecule has 2 N–H and O–H groups in total. The van der Waals surface area contributed by atoms with Gasteiger partial charge in [0, 0.05) is 18.2 Å². The van der Waals surface area contributed by atoms with Crippen LogP contribution in [0.1, 0.15) is 24.6 Å². The number of aromatic nitrogens is 5. The molecule has 0 saturated heterocycles. The number of hydrogen-bond acceptors (Lipinski definition) is 4. The highest BCUT2D eigenvalue weighted by atomic mass is 15.3. The summed E-state index contributed by atoms with van der Waals surface area (Å²) < 4.78 is 2.18. The van der Waals surface area contributed by atoms with Gasteiger partial charge in [0.15, 0.2) is 11.3 Å². The molecule has 102 valence electrons. The molecule has 0 aliphatic heterocycles. The molecule has 2 aliphatic carbocycles. The van der Waals surface area contributed by atoms with Gasteiger partial charge in [0.25, 0.3) is 0 Å². The van der Waals surface area contributed by atoms with Crippen molar-refractivity contribution >= 4 is 16.8 Å². The lowest BCUT2D eigenvalue weighted by Gasteiger charge is -2.14. The Bertz CT molecular complexity index is 802. The number of nitrogens with one attached hydrogen (secondary N) is 2. The monoisotopic (exact) mass is 268 g/mol. The number of aromatic amines is 1. The molecule has 0 aromatic carbocycles. The molecule has 2 fully saturated rings. The van der Waals surface area contributed by atoms with Crippen molar-refractivity contribution in [3.8, 4) is 0 Å². The van der Waals surface area contributed by atoms with Crippen LogP contribution in [0.15, 0.2) is 18.5 Å². The summed E-state index contributed by atoms with van der Waals surface area (Å²) in [7, 11) is 2.07. The van der Waals surface area contributed by atoms with Gasteiger partial charge in [-0.05, 0) is 37.8 Å². The molecule has 0 amide bonds. The maximum atomic E-state index is 4.48. The second-order valence-corrected chi connectivity index (χ2v) is 6.02. The zero-order chi connectivity index (χ0) is 13.3. The van der Waals surface area contributed by atoms with Crippen LogP contribution in [-0.2, 0) is 0 Å². The molecule has 0 unspecified atom stereocenters. The fraction of sp³-hybridized carbons (Fsp3) is 0.500. The van der Waals surface area contributed by atoms with Gasteiger partial charge >= 0.3 is 0 Å². The maximum absolute atomic E-state index is 4.48. The van der Waals surface area contributed by atoms with Crippen molar-refractivity contribution in [2.45, 2.75) is 24.8 Å². The summed E-state index contributed by atoms with van der Waals surface area (Å²) >= 11 is 0. The minimum atomic E-state index is 0.521. The Morgan fingerprint density at radius 1 is 1.30 bits per heavy atom. The van der Waals surface area contributed by atoms with Crippen LogP contribution in [0.25, 0.3) is 16.8 Å². The number of nitrogens with zero attached hydrogens (tertiary/aromatic N) is 4. The predicted molar refractivity (Wildman–Crippen MR) is 74.4 cm³/mol. The molecule has 3 aromatic rings. The smallest absolute Gasteiger partial charge is 0.179 e. The van der Waals surface area contributed by atoms with E-state index in [1.54, 1.807) is 6.20 Å². The Hall–Kier alpha value is -1.95. The highest BCUT2D eigenvalue weighted by Gasteiger charge is 2.55. The summed E-state index contributed by atoms with van der Waals surface area (Å²) in [5.41, 5.74) is 2.82. The van der Waals surface area contributed by atoms with Gasteiger partial charge < -0.3 is 10.3 Å². The van der Waals surface area contributed by atoms with E-state index in [0.29, 0.717) is 12.0 Å². The van der Waals surface area contributed by atoms with E-state index in [4.69, 9.17) is 0 Å². The van der Waals surface area contributed by atoms with Crippen LogP contribution in [0.2, 0.25) is 0 Å². The van der Waals surface area contributed by atoms with E-state index in [1.165, 1.54) is 12.8 Å². The van der Waals surface area contributed by atoms with Gasteiger partial charge in [0.05, 0.1) is 11.7 Å². The first-order valence-corrected chi connectivity index (χ1v) is 7.21. The SMILES string of the molecule is CN[C@@H]1C[C@H](c2nnc3cnc4[nH]ccc4n23)[C@H]2C[C@H]21. The first-order chi connectivity index (χ1) is 9.86. The summed E-state index contributed by atoms with van der Waals surface area (Å²) in [4.78, 5) is 7.54. The lowest BCUT2D eigenvalue weighted by Crippen LogP contribution is -2.25. The molecular weight excluding hydrogens is 252 g/mol. The highest BCUT2D eigenvalue weighted by Crippen LogP contribution is 2.58. The van der Waals surface area contributed by atoms with E-state index in [9.17, 15) is 0 Å². The third-order valence-electron chi connectivity index (χ3n) is 5.10. The fourth-order valence-corrected chi connectivity index (χ4v) is 4.05. The molecule has 4 atom stereocenters. The third-order valence-corrected chi connectivity index (χ3v) is 5.10. The highest BCUT2D eigenvalue weighted by molar-refractivity contribution is 5.74. The van der Waals surface area contributed by atoms with Crippen LogP contribution in [0.3, 0.4) is 0 Å². The Morgan fingerprint density at radius 2 is 2.25 bits per heavy atom. The lowest BCUT2D eigenvalue weighted by molar-refractivity contribution is 0.490. The van der Waals surface area contributed by atoms with Crippen molar-refractivity contribution in [1.82, 2.24) is 29.9 Å². The van der Waals surface area contributed by atoms with Gasteiger partial charge in [-0.25, -0.2) is 4.98 Å². The molecule has 6 nitrogen and oxygen atoms in total. The zero-order valence-electron chi connectivity index (χ0n) is 11.2. The van der Waals surface area contributed by atoms with Gasteiger partial charge in [-0.15, -0.1) is 10.2 Å². The average Bonchev–Trinajstić information content (AvgIpc) is 2.87. The van der Waals surface area contributed by atoms with Crippen molar-refractivity contribution in [3.05, 3.63) is 24.3 Å². The predicted octanol–water partition coefficient (Wildman–Crippen LogP) is 1.32. The van der Waals surface area contributed by atoms with E-state index in [0.717, 1.165) is 34.5 Å². The molecule has 6 heteroatoms. The molecule has 0 spiro atoms. The minimum absolute atomic E-state index is 0.521. The van der Waals surface area contributed by atoms with Gasteiger partial charge in [-0.3, -0.25) is 4.40 Å². The van der Waals surface area contributed by atoms with Crippen LogP contribution in [0, 0.1) is 11.8 Å². The average molecular weight is 268 g/mol. The Labute approximate surface area is 115 Å². The van der Waals surface area contributed by atoms with Crippen LogP contribution in [0.4, 0.5) is 0 Å². The zero-order valence-corrected chi connectivity index (χ0v) is 11.2. The van der Waals surface area contributed by atoms with Crippen molar-refractivity contribution in [2.24, 2.45) is 11.8 Å². The largest absolute Gasteiger partial charge is 0.345 e. The van der Waals surface area contributed by atoms with Crippen molar-refractivity contribution in [1.29, 1.82) is 0 Å². The molecule has 5 rings (SSSR count). The molecule has 2 aliphatic rings. The summed E-state index contributed by atoms with van der Waals surface area (Å²) in [6, 6.07) is 2.69. The van der Waals surface area contributed by atoms with Crippen LogP contribution < -0.4 is 5.32 Å². The molecule has 3 aromatic heterocycles. The third kappa shape index (κ3) is 1.24. The van der Waals surface area contributed by atoms with Crippen LogP contribution in [-0.4, -0.2) is 37.7 Å². The molecule has 3 heterocycles. The minimum Gasteiger partial charge on any atom is -0.345 e. The van der Waals surface area contributed by atoms with Crippen LogP contribution >= 0.6 is 0 Å². The first kappa shape index (κ1) is 10.8. The topological polar surface area (TPSA) is 70.9 Å². The second-order valence-electron chi connectivity index (χ2n) is 6.02. The quantitative estimate of drug-likeness (QED) is 0.735. The Balaban J connectivity index is 1.71. The van der Waals surface area contributed by atoms with Crippen LogP contribution in [0.5, 0.6) is 0 Å². The molecule has 2 saturated carbocycles. The molecule has 0 bridgehead atoms. The van der Waals surface area contributed by atoms with E-state index >= 15 is 0 Å². The maximum Gasteiger partial charge on any atom is 0.179 e. The number of rotatable bonds is 2. The number of hydrogen-bond donors (Lipinski definition) is 2. The Morgan fingerprint density at radius 3 is 3.10 bits per heavy atom. The summed E-state index contributed by atoms with van der Waals surface area (Å²) in [6.45, 7) is 0. The molecular formula is C14H16N6. The fourth-order valence-electron chi connectivity index (χ4n) is 4.05. The van der Waals surface area contributed by atoms with Crippen molar-refractivity contribution < 1.29 is 0 Å². The van der Waals surface area contributed by atoms with Crippen molar-refractivity contribution in [3.63, 3.8) is 0 Å². The van der Waals surface area contributed by atoms with Gasteiger partial charge in [-0.1, -0.05) is 0 Å². The number of H-pyrrole nitrogens is 1. The van der Waals surface area contributed by atoms with E-state index in [-0.39, 0.29) is 0 Å². The lowest BCUT2D eigenvalue weighted by atomic mass is 10.0. The van der Waals surface area contributed by atoms with Crippen molar-refractivity contribution in [2.75, 3.05) is 7.05 Å².